The van der Waals surface area contributed by atoms with E-state index in [1.807, 2.05) is 23.0 Å². The van der Waals surface area contributed by atoms with E-state index < -0.39 is 0 Å². The Kier molecular flexibility index (Phi) is 5.55. The zero-order chi connectivity index (χ0) is 14.2. The van der Waals surface area contributed by atoms with Crippen molar-refractivity contribution in [2.75, 3.05) is 6.54 Å². The minimum Gasteiger partial charge on any atom is -0.508 e. The van der Waals surface area contributed by atoms with Gasteiger partial charge in [0.25, 0.3) is 0 Å². The van der Waals surface area contributed by atoms with E-state index in [9.17, 15) is 5.11 Å². The third kappa shape index (κ3) is 5.01. The third-order valence-electron chi connectivity index (χ3n) is 3.33. The summed E-state index contributed by atoms with van der Waals surface area (Å²) in [5, 5.41) is 20.5. The van der Waals surface area contributed by atoms with Crippen LogP contribution in [0.3, 0.4) is 0 Å². The molecular weight excluding hydrogens is 252 g/mol. The number of aromatic nitrogens is 3. The Hall–Kier alpha value is -1.88. The normalized spacial score (nSPS) is 12.4. The fourth-order valence-electron chi connectivity index (χ4n) is 2.09. The Balaban J connectivity index is 1.58. The van der Waals surface area contributed by atoms with Gasteiger partial charge < -0.3 is 10.4 Å². The first-order valence-electron chi connectivity index (χ1n) is 7.09. The largest absolute Gasteiger partial charge is 0.508 e. The van der Waals surface area contributed by atoms with E-state index in [-0.39, 0.29) is 0 Å². The molecule has 0 bridgehead atoms. The molecule has 2 rings (SSSR count). The first-order valence-corrected chi connectivity index (χ1v) is 7.09. The van der Waals surface area contributed by atoms with Crippen LogP contribution in [0.2, 0.25) is 0 Å². The van der Waals surface area contributed by atoms with E-state index in [1.165, 1.54) is 5.56 Å². The fraction of sp³-hybridized carbons (Fsp3) is 0.467. The van der Waals surface area contributed by atoms with Crippen molar-refractivity contribution in [3.05, 3.63) is 42.2 Å². The second kappa shape index (κ2) is 7.65. The van der Waals surface area contributed by atoms with Gasteiger partial charge in [0.2, 0.25) is 0 Å². The molecule has 0 saturated heterocycles. The van der Waals surface area contributed by atoms with Crippen molar-refractivity contribution < 1.29 is 5.11 Å². The molecule has 0 aliphatic heterocycles. The van der Waals surface area contributed by atoms with Crippen LogP contribution in [0.25, 0.3) is 0 Å². The summed E-state index contributed by atoms with van der Waals surface area (Å²) in [6, 6.07) is 7.93. The van der Waals surface area contributed by atoms with Gasteiger partial charge >= 0.3 is 0 Å². The van der Waals surface area contributed by atoms with E-state index in [0.29, 0.717) is 11.8 Å². The highest BCUT2D eigenvalue weighted by Gasteiger charge is 2.02. The lowest BCUT2D eigenvalue weighted by atomic mass is 10.1. The minimum atomic E-state index is 0.327. The summed E-state index contributed by atoms with van der Waals surface area (Å²) in [6.07, 6.45) is 6.75. The number of rotatable bonds is 8. The molecule has 0 radical (unpaired) electrons. The smallest absolute Gasteiger partial charge is 0.115 e. The summed E-state index contributed by atoms with van der Waals surface area (Å²) >= 11 is 0. The van der Waals surface area contributed by atoms with E-state index >= 15 is 0 Å². The standard InChI is InChI=1S/C15H22N4O/c1-13(3-4-14-5-7-15(20)8-6-14)16-9-2-11-19-12-10-17-18-19/h5-8,10,12-13,16,20H,2-4,9,11H2,1H3. The molecule has 0 spiro atoms. The number of aryl methyl sites for hydroxylation is 2. The molecule has 0 aliphatic rings. The molecule has 1 atom stereocenters. The SMILES string of the molecule is CC(CCc1ccc(O)cc1)NCCCn1ccnn1. The van der Waals surface area contributed by atoms with Gasteiger partial charge in [0.05, 0.1) is 6.20 Å². The van der Waals surface area contributed by atoms with E-state index in [2.05, 4.69) is 22.6 Å². The second-order valence-corrected chi connectivity index (χ2v) is 5.08. The average Bonchev–Trinajstić information content (AvgIpc) is 2.96. The van der Waals surface area contributed by atoms with Crippen LogP contribution in [-0.4, -0.2) is 32.7 Å². The van der Waals surface area contributed by atoms with Crippen molar-refractivity contribution >= 4 is 0 Å². The Morgan fingerprint density at radius 1 is 1.30 bits per heavy atom. The van der Waals surface area contributed by atoms with Crippen LogP contribution in [0.15, 0.2) is 36.7 Å². The van der Waals surface area contributed by atoms with E-state index in [4.69, 9.17) is 0 Å². The van der Waals surface area contributed by atoms with Crippen LogP contribution in [0.1, 0.15) is 25.3 Å². The average molecular weight is 274 g/mol. The van der Waals surface area contributed by atoms with Gasteiger partial charge in [-0.1, -0.05) is 17.3 Å². The Bertz CT molecular complexity index is 481. The highest BCUT2D eigenvalue weighted by Crippen LogP contribution is 2.11. The minimum absolute atomic E-state index is 0.327. The second-order valence-electron chi connectivity index (χ2n) is 5.08. The molecule has 20 heavy (non-hydrogen) atoms. The number of phenols is 1. The molecule has 2 N–H and O–H groups in total. The predicted molar refractivity (Wildman–Crippen MR) is 78.5 cm³/mol. The number of hydrogen-bond donors (Lipinski definition) is 2. The Morgan fingerprint density at radius 2 is 2.10 bits per heavy atom. The third-order valence-corrected chi connectivity index (χ3v) is 3.33. The monoisotopic (exact) mass is 274 g/mol. The van der Waals surface area contributed by atoms with Gasteiger partial charge in [0.1, 0.15) is 5.75 Å². The molecule has 0 amide bonds. The quantitative estimate of drug-likeness (QED) is 0.723. The van der Waals surface area contributed by atoms with Crippen molar-refractivity contribution in [2.24, 2.45) is 0 Å². The van der Waals surface area contributed by atoms with Crippen LogP contribution in [0.5, 0.6) is 5.75 Å². The molecule has 1 heterocycles. The maximum absolute atomic E-state index is 9.23. The van der Waals surface area contributed by atoms with E-state index in [1.54, 1.807) is 18.3 Å². The molecule has 0 aliphatic carbocycles. The molecule has 2 aromatic rings. The number of nitrogens with one attached hydrogen (secondary N) is 1. The summed E-state index contributed by atoms with van der Waals surface area (Å²) in [6.45, 7) is 4.09. The molecule has 0 fully saturated rings. The van der Waals surface area contributed by atoms with Gasteiger partial charge in [0.15, 0.2) is 0 Å². The van der Waals surface area contributed by atoms with Crippen LogP contribution in [0, 0.1) is 0 Å². The number of aromatic hydroxyl groups is 1. The summed E-state index contributed by atoms with van der Waals surface area (Å²) < 4.78 is 1.85. The lowest BCUT2D eigenvalue weighted by Crippen LogP contribution is -2.28. The molecule has 5 heteroatoms. The van der Waals surface area contributed by atoms with Crippen molar-refractivity contribution in [1.29, 1.82) is 0 Å². The highest BCUT2D eigenvalue weighted by molar-refractivity contribution is 5.25. The van der Waals surface area contributed by atoms with Gasteiger partial charge in [-0.05, 0) is 50.4 Å². The first kappa shape index (κ1) is 14.5. The molecule has 1 unspecified atom stereocenters. The van der Waals surface area contributed by atoms with Gasteiger partial charge in [-0.2, -0.15) is 0 Å². The van der Waals surface area contributed by atoms with Crippen molar-refractivity contribution in [3.8, 4) is 5.75 Å². The van der Waals surface area contributed by atoms with Crippen molar-refractivity contribution in [2.45, 2.75) is 38.8 Å². The van der Waals surface area contributed by atoms with Gasteiger partial charge in [-0.25, -0.2) is 0 Å². The Morgan fingerprint density at radius 3 is 2.80 bits per heavy atom. The maximum atomic E-state index is 9.23. The molecule has 5 nitrogen and oxygen atoms in total. The molecule has 1 aromatic heterocycles. The van der Waals surface area contributed by atoms with Gasteiger partial charge in [-0.15, -0.1) is 5.10 Å². The summed E-state index contributed by atoms with van der Waals surface area (Å²) in [7, 11) is 0. The Labute approximate surface area is 119 Å². The number of nitrogens with zero attached hydrogens (tertiary/aromatic N) is 3. The van der Waals surface area contributed by atoms with Crippen molar-refractivity contribution in [3.63, 3.8) is 0 Å². The van der Waals surface area contributed by atoms with Crippen molar-refractivity contribution in [1.82, 2.24) is 20.3 Å². The zero-order valence-corrected chi connectivity index (χ0v) is 11.9. The fourth-order valence-corrected chi connectivity index (χ4v) is 2.09. The maximum Gasteiger partial charge on any atom is 0.115 e. The number of benzene rings is 1. The highest BCUT2D eigenvalue weighted by atomic mass is 16.3. The summed E-state index contributed by atoms with van der Waals surface area (Å²) in [5.41, 5.74) is 1.26. The first-order chi connectivity index (χ1) is 9.74. The molecular formula is C15H22N4O. The zero-order valence-electron chi connectivity index (χ0n) is 11.9. The molecule has 0 saturated carbocycles. The summed E-state index contributed by atoms with van der Waals surface area (Å²) in [4.78, 5) is 0. The molecule has 108 valence electrons. The van der Waals surface area contributed by atoms with Crippen LogP contribution < -0.4 is 5.32 Å². The summed E-state index contributed by atoms with van der Waals surface area (Å²) in [5.74, 6) is 0.327. The lowest BCUT2D eigenvalue weighted by molar-refractivity contribution is 0.471. The topological polar surface area (TPSA) is 63.0 Å². The lowest BCUT2D eigenvalue weighted by Gasteiger charge is -2.13. The predicted octanol–water partition coefficient (Wildman–Crippen LogP) is 1.98. The number of hydrogen-bond acceptors (Lipinski definition) is 4. The number of phenolic OH excluding ortho intramolecular Hbond substituents is 1. The molecule has 1 aromatic carbocycles. The van der Waals surface area contributed by atoms with Gasteiger partial charge in [-0.3, -0.25) is 4.68 Å². The van der Waals surface area contributed by atoms with Crippen LogP contribution in [0.4, 0.5) is 0 Å². The van der Waals surface area contributed by atoms with Gasteiger partial charge in [0, 0.05) is 18.8 Å². The van der Waals surface area contributed by atoms with E-state index in [0.717, 1.165) is 32.4 Å². The van der Waals surface area contributed by atoms with Crippen LogP contribution >= 0.6 is 0 Å². The van der Waals surface area contributed by atoms with Crippen LogP contribution in [-0.2, 0) is 13.0 Å².